The molecule has 0 aromatic rings. The van der Waals surface area contributed by atoms with E-state index >= 15 is 0 Å². The van der Waals surface area contributed by atoms with Gasteiger partial charge in [-0.2, -0.15) is 0 Å². The molecule has 0 aromatic heterocycles. The van der Waals surface area contributed by atoms with E-state index in [1.54, 1.807) is 6.92 Å². The van der Waals surface area contributed by atoms with Crippen LogP contribution in [0.2, 0.25) is 0 Å². The van der Waals surface area contributed by atoms with Crippen molar-refractivity contribution in [3.63, 3.8) is 0 Å². The van der Waals surface area contributed by atoms with E-state index in [1.807, 2.05) is 0 Å². The molecule has 0 bridgehead atoms. The predicted molar refractivity (Wildman–Crippen MR) is 143 cm³/mol. The van der Waals surface area contributed by atoms with Gasteiger partial charge in [0.15, 0.2) is 6.61 Å². The van der Waals surface area contributed by atoms with Crippen molar-refractivity contribution in [1.29, 1.82) is 0 Å². The number of rotatable bonds is 12. The molecule has 4 rings (SSSR count). The number of oxime groups is 1. The van der Waals surface area contributed by atoms with Gasteiger partial charge in [0.2, 0.25) is 0 Å². The highest BCUT2D eigenvalue weighted by atomic mass is 16.6. The van der Waals surface area contributed by atoms with Gasteiger partial charge in [-0.05, 0) is 93.0 Å². The molecular formula is C29H47N3O5. The van der Waals surface area contributed by atoms with Crippen LogP contribution in [-0.2, 0) is 23.9 Å². The van der Waals surface area contributed by atoms with Gasteiger partial charge in [0.25, 0.3) is 5.91 Å². The van der Waals surface area contributed by atoms with Crippen LogP contribution in [0, 0.1) is 34.5 Å². The minimum Gasteiger partial charge on any atom is -0.385 e. The van der Waals surface area contributed by atoms with Crippen molar-refractivity contribution in [1.82, 2.24) is 5.32 Å². The van der Waals surface area contributed by atoms with Gasteiger partial charge in [-0.25, -0.2) is 0 Å². The Morgan fingerprint density at radius 3 is 2.57 bits per heavy atom. The zero-order valence-electron chi connectivity index (χ0n) is 23.1. The van der Waals surface area contributed by atoms with Crippen molar-refractivity contribution in [2.24, 2.45) is 45.4 Å². The molecule has 6 unspecified atom stereocenters. The summed E-state index contributed by atoms with van der Waals surface area (Å²) >= 11 is 0. The zero-order valence-corrected chi connectivity index (χ0v) is 23.1. The van der Waals surface area contributed by atoms with Crippen molar-refractivity contribution in [3.05, 3.63) is 11.6 Å². The van der Waals surface area contributed by atoms with Crippen LogP contribution < -0.4 is 11.1 Å². The summed E-state index contributed by atoms with van der Waals surface area (Å²) in [5.74, 6) is 2.56. The highest BCUT2D eigenvalue weighted by Crippen LogP contribution is 2.66. The van der Waals surface area contributed by atoms with Crippen molar-refractivity contribution in [2.45, 2.75) is 72.1 Å². The number of nitrogens with zero attached hydrogens (tertiary/aromatic N) is 1. The summed E-state index contributed by atoms with van der Waals surface area (Å²) in [6.45, 7) is 9.45. The van der Waals surface area contributed by atoms with Crippen LogP contribution >= 0.6 is 0 Å². The highest BCUT2D eigenvalue weighted by molar-refractivity contribution is 5.96. The number of ketones is 1. The lowest BCUT2D eigenvalue weighted by atomic mass is 9.46. The number of amides is 1. The van der Waals surface area contributed by atoms with Crippen molar-refractivity contribution in [3.8, 4) is 0 Å². The van der Waals surface area contributed by atoms with Crippen LogP contribution in [0.1, 0.15) is 72.1 Å². The normalized spacial score (nSPS) is 35.8. The topological polar surface area (TPSA) is 112 Å². The van der Waals surface area contributed by atoms with Crippen LogP contribution in [0.25, 0.3) is 0 Å². The van der Waals surface area contributed by atoms with E-state index in [9.17, 15) is 9.59 Å². The number of allylic oxidation sites excluding steroid dienone is 2. The van der Waals surface area contributed by atoms with Gasteiger partial charge in [0.1, 0.15) is 5.78 Å². The van der Waals surface area contributed by atoms with E-state index in [2.05, 4.69) is 30.4 Å². The Balaban J connectivity index is 1.24. The van der Waals surface area contributed by atoms with Crippen molar-refractivity contribution >= 4 is 17.4 Å². The van der Waals surface area contributed by atoms with Crippen LogP contribution in [0.4, 0.5) is 0 Å². The average molecular weight is 518 g/mol. The first-order chi connectivity index (χ1) is 17.8. The van der Waals surface area contributed by atoms with Gasteiger partial charge in [0, 0.05) is 19.0 Å². The van der Waals surface area contributed by atoms with E-state index < -0.39 is 0 Å². The molecule has 0 aliphatic heterocycles. The standard InChI is InChI=1S/C29H47N3O5/c1-20(33)24-6-7-25-23-5-4-21-18-22(8-10-28(21,2)26(23)9-11-29(24,25)3)32-37-19-27(34)31-13-15-36-17-16-35-14-12-30/h18,23-26H,4-17,19,30H2,1-3H3,(H,31,34). The Kier molecular flexibility index (Phi) is 9.46. The first-order valence-electron chi connectivity index (χ1n) is 14.3. The molecule has 4 aliphatic carbocycles. The van der Waals surface area contributed by atoms with Crippen molar-refractivity contribution < 1.29 is 23.9 Å². The van der Waals surface area contributed by atoms with Crippen LogP contribution in [-0.4, -0.2) is 63.5 Å². The molecular weight excluding hydrogens is 470 g/mol. The third-order valence-electron chi connectivity index (χ3n) is 10.0. The van der Waals surface area contributed by atoms with Crippen LogP contribution in [0.3, 0.4) is 0 Å². The summed E-state index contributed by atoms with van der Waals surface area (Å²) in [4.78, 5) is 29.8. The fraction of sp³-hybridized carbons (Fsp3) is 0.828. The largest absolute Gasteiger partial charge is 0.385 e. The summed E-state index contributed by atoms with van der Waals surface area (Å²) < 4.78 is 10.6. The lowest BCUT2D eigenvalue weighted by Gasteiger charge is -2.58. The fourth-order valence-electron chi connectivity index (χ4n) is 8.20. The summed E-state index contributed by atoms with van der Waals surface area (Å²) in [5.41, 5.74) is 8.21. The quantitative estimate of drug-likeness (QED) is 0.302. The second-order valence-electron chi connectivity index (χ2n) is 12.0. The van der Waals surface area contributed by atoms with E-state index in [0.717, 1.165) is 37.3 Å². The van der Waals surface area contributed by atoms with Gasteiger partial charge in [-0.15, -0.1) is 0 Å². The number of nitrogens with two attached hydrogens (primary N) is 1. The Hall–Kier alpha value is -1.77. The minimum atomic E-state index is -0.202. The van der Waals surface area contributed by atoms with E-state index in [4.69, 9.17) is 20.0 Å². The van der Waals surface area contributed by atoms with Gasteiger partial charge in [0.05, 0.1) is 32.1 Å². The molecule has 8 nitrogen and oxygen atoms in total. The Morgan fingerprint density at radius 1 is 1.03 bits per heavy atom. The molecule has 37 heavy (non-hydrogen) atoms. The molecule has 3 saturated carbocycles. The number of carbonyl (C=O) groups is 2. The molecule has 0 aromatic carbocycles. The summed E-state index contributed by atoms with van der Waals surface area (Å²) in [6.07, 6.45) is 11.2. The van der Waals surface area contributed by atoms with Gasteiger partial charge in [-0.1, -0.05) is 24.6 Å². The maximum Gasteiger partial charge on any atom is 0.260 e. The first-order valence-corrected chi connectivity index (χ1v) is 14.3. The smallest absolute Gasteiger partial charge is 0.260 e. The number of ether oxygens (including phenoxy) is 2. The Labute approximate surface area is 222 Å². The predicted octanol–water partition coefficient (Wildman–Crippen LogP) is 3.64. The second-order valence-corrected chi connectivity index (χ2v) is 12.0. The SMILES string of the molecule is CC(=O)C1CCC2C3CCC4=CC(=NOCC(=O)NCCOCCOCCN)CCC4(C)C3CCC12C. The first kappa shape index (κ1) is 28.2. The molecule has 0 spiro atoms. The van der Waals surface area contributed by atoms with Gasteiger partial charge in [-0.3, -0.25) is 9.59 Å². The third kappa shape index (κ3) is 6.12. The molecule has 0 radical (unpaired) electrons. The van der Waals surface area contributed by atoms with Gasteiger partial charge >= 0.3 is 0 Å². The number of Topliss-reactive ketones (excluding diaryl/α,β-unsaturated/α-hetero) is 1. The molecule has 208 valence electrons. The molecule has 1 amide bonds. The zero-order chi connectivity index (χ0) is 26.5. The maximum absolute atomic E-state index is 12.4. The summed E-state index contributed by atoms with van der Waals surface area (Å²) in [5, 5.41) is 7.09. The van der Waals surface area contributed by atoms with Crippen molar-refractivity contribution in [2.75, 3.05) is 46.1 Å². The summed E-state index contributed by atoms with van der Waals surface area (Å²) in [6, 6.07) is 0. The molecule has 0 heterocycles. The number of nitrogens with one attached hydrogen (secondary N) is 1. The number of hydrogen-bond donors (Lipinski definition) is 2. The lowest BCUT2D eigenvalue weighted by Crippen LogP contribution is -2.51. The number of carbonyl (C=O) groups excluding carboxylic acids is 2. The highest BCUT2D eigenvalue weighted by Gasteiger charge is 2.59. The molecule has 6 atom stereocenters. The summed E-state index contributed by atoms with van der Waals surface area (Å²) in [7, 11) is 0. The fourth-order valence-corrected chi connectivity index (χ4v) is 8.20. The third-order valence-corrected chi connectivity index (χ3v) is 10.0. The molecule has 3 fully saturated rings. The minimum absolute atomic E-state index is 0.0914. The monoisotopic (exact) mass is 517 g/mol. The second kappa shape index (κ2) is 12.4. The van der Waals surface area contributed by atoms with E-state index in [-0.39, 0.29) is 29.3 Å². The molecule has 8 heteroatoms. The van der Waals surface area contributed by atoms with Gasteiger partial charge < -0.3 is 25.4 Å². The van der Waals surface area contributed by atoms with E-state index in [1.165, 1.54) is 31.3 Å². The lowest BCUT2D eigenvalue weighted by molar-refractivity contribution is -0.128. The molecule has 3 N–H and O–H groups in total. The maximum atomic E-state index is 12.4. The van der Waals surface area contributed by atoms with Crippen LogP contribution in [0.15, 0.2) is 16.8 Å². The molecule has 0 saturated heterocycles. The Bertz CT molecular complexity index is 889. The number of hydrogen-bond acceptors (Lipinski definition) is 7. The van der Waals surface area contributed by atoms with E-state index in [0.29, 0.717) is 57.1 Å². The Morgan fingerprint density at radius 2 is 1.81 bits per heavy atom. The van der Waals surface area contributed by atoms with Crippen LogP contribution in [0.5, 0.6) is 0 Å². The number of fused-ring (bicyclic) bond motifs is 5. The molecule has 4 aliphatic rings. The average Bonchev–Trinajstić information content (AvgIpc) is 3.23.